The highest BCUT2D eigenvalue weighted by Crippen LogP contribution is 2.01. The number of nitrogens with zero attached hydrogens (tertiary/aromatic N) is 1. The van der Waals surface area contributed by atoms with E-state index in [0.29, 0.717) is 6.17 Å². The third-order valence-corrected chi connectivity index (χ3v) is 2.09. The Morgan fingerprint density at radius 1 is 1.42 bits per heavy atom. The minimum Gasteiger partial charge on any atom is -0.453 e. The molecule has 0 aliphatic carbocycles. The Kier molecular flexibility index (Phi) is 5.69. The van der Waals surface area contributed by atoms with Crippen LogP contribution in [0.4, 0.5) is 4.79 Å². The van der Waals surface area contributed by atoms with Gasteiger partial charge < -0.3 is 14.2 Å². The molecule has 0 aliphatic rings. The van der Waals surface area contributed by atoms with Crippen molar-refractivity contribution >= 4 is 16.3 Å². The molecule has 0 aliphatic heterocycles. The van der Waals surface area contributed by atoms with Crippen LogP contribution >= 0.6 is 0 Å². The first kappa shape index (κ1) is 11.4. The molecular weight excluding hydrogens is 178 g/mol. The summed E-state index contributed by atoms with van der Waals surface area (Å²) in [4.78, 5) is 12.4. The summed E-state index contributed by atoms with van der Waals surface area (Å²) in [5.41, 5.74) is 0. The molecule has 0 spiro atoms. The summed E-state index contributed by atoms with van der Waals surface area (Å²) in [6.45, 7) is 0. The van der Waals surface area contributed by atoms with Gasteiger partial charge in [-0.2, -0.15) is 0 Å². The van der Waals surface area contributed by atoms with E-state index in [4.69, 9.17) is 9.47 Å². The van der Waals surface area contributed by atoms with Crippen molar-refractivity contribution < 1.29 is 19.0 Å². The molecule has 0 bridgehead atoms. The highest BCUT2D eigenvalue weighted by molar-refractivity contribution is 6.09. The Bertz CT molecular complexity index is 140. The third kappa shape index (κ3) is 2.80. The zero-order chi connectivity index (χ0) is 9.56. The topological polar surface area (TPSA) is 48.0 Å². The summed E-state index contributed by atoms with van der Waals surface area (Å²) >= 11 is 0. The summed E-state index contributed by atoms with van der Waals surface area (Å²) in [7, 11) is 5.12. The van der Waals surface area contributed by atoms with Gasteiger partial charge in [-0.15, -0.1) is 0 Å². The van der Waals surface area contributed by atoms with Gasteiger partial charge in [-0.05, 0) is 0 Å². The first-order chi connectivity index (χ1) is 5.71. The lowest BCUT2D eigenvalue weighted by molar-refractivity contribution is -0.178. The molecule has 72 valence electrons. The van der Waals surface area contributed by atoms with Gasteiger partial charge in [0.1, 0.15) is 0 Å². The molecule has 6 heteroatoms. The predicted octanol–water partition coefficient (Wildman–Crippen LogP) is -1.05. The van der Waals surface area contributed by atoms with Crippen LogP contribution < -0.4 is 0 Å². The maximum atomic E-state index is 11.1. The maximum absolute atomic E-state index is 11.1. The van der Waals surface area contributed by atoms with Gasteiger partial charge in [0.15, 0.2) is 0 Å². The Hall–Kier alpha value is -0.593. The molecule has 1 amide bonds. The van der Waals surface area contributed by atoms with Gasteiger partial charge in [0.05, 0.1) is 7.11 Å². The molecule has 0 atom stereocenters. The van der Waals surface area contributed by atoms with Gasteiger partial charge in [-0.3, -0.25) is 4.90 Å². The Morgan fingerprint density at radius 2 is 1.92 bits per heavy atom. The van der Waals surface area contributed by atoms with Crippen LogP contribution in [0, 0.1) is 0 Å². The number of hydrogen-bond acceptors (Lipinski definition) is 4. The van der Waals surface area contributed by atoms with Crippen LogP contribution in [0.25, 0.3) is 0 Å². The Labute approximate surface area is 75.0 Å². The summed E-state index contributed by atoms with van der Waals surface area (Å²) in [6.07, 6.45) is -0.465. The fraction of sp³-hybridized carbons (Fsp3) is 0.833. The molecule has 0 unspecified atom stereocenters. The highest BCUT2D eigenvalue weighted by atomic mass is 28.1. The molecule has 0 heterocycles. The van der Waals surface area contributed by atoms with Crippen LogP contribution in [0.3, 0.4) is 0 Å². The van der Waals surface area contributed by atoms with Crippen LogP contribution in [0.5, 0.6) is 0 Å². The van der Waals surface area contributed by atoms with Crippen molar-refractivity contribution in [2.24, 2.45) is 0 Å². The molecule has 12 heavy (non-hydrogen) atoms. The van der Waals surface area contributed by atoms with Crippen molar-refractivity contribution in [1.82, 2.24) is 4.90 Å². The molecule has 0 aromatic rings. The third-order valence-electron chi connectivity index (χ3n) is 1.41. The summed E-state index contributed by atoms with van der Waals surface area (Å²) < 4.78 is 14.3. The largest absolute Gasteiger partial charge is 0.453 e. The molecule has 0 radical (unpaired) electrons. The predicted molar refractivity (Wildman–Crippen MR) is 46.9 cm³/mol. The van der Waals surface area contributed by atoms with Crippen LogP contribution in [-0.4, -0.2) is 55.1 Å². The first-order valence-electron chi connectivity index (χ1n) is 3.61. The molecule has 0 saturated heterocycles. The van der Waals surface area contributed by atoms with E-state index in [0.717, 1.165) is 10.2 Å². The van der Waals surface area contributed by atoms with Crippen LogP contribution in [0.1, 0.15) is 0 Å². The summed E-state index contributed by atoms with van der Waals surface area (Å²) in [6, 6.07) is 0. The summed E-state index contributed by atoms with van der Waals surface area (Å²) in [5.74, 6) is 0. The van der Waals surface area contributed by atoms with E-state index < -0.39 is 12.5 Å². The SMILES string of the molecule is COC(=O)N(C[SiH3])C(OC)OC. The minimum absolute atomic E-state index is 0.432. The molecule has 0 aromatic heterocycles. The monoisotopic (exact) mass is 193 g/mol. The average Bonchev–Trinajstić information content (AvgIpc) is 2.12. The van der Waals surface area contributed by atoms with E-state index in [1.54, 1.807) is 0 Å². The number of methoxy groups -OCH3 is 3. The zero-order valence-corrected chi connectivity index (χ0v) is 9.86. The second kappa shape index (κ2) is 5.98. The Balaban J connectivity index is 4.19. The molecule has 0 aromatic carbocycles. The molecule has 0 N–H and O–H groups in total. The fourth-order valence-electron chi connectivity index (χ4n) is 0.832. The molecule has 0 saturated carbocycles. The van der Waals surface area contributed by atoms with Crippen molar-refractivity contribution in [3.8, 4) is 0 Å². The number of amides is 1. The van der Waals surface area contributed by atoms with Crippen molar-refractivity contribution in [2.75, 3.05) is 27.5 Å². The van der Waals surface area contributed by atoms with Crippen molar-refractivity contribution in [3.05, 3.63) is 0 Å². The Morgan fingerprint density at radius 3 is 2.17 bits per heavy atom. The van der Waals surface area contributed by atoms with Crippen LogP contribution in [0.15, 0.2) is 0 Å². The van der Waals surface area contributed by atoms with E-state index in [2.05, 4.69) is 4.74 Å². The number of hydrogen-bond donors (Lipinski definition) is 0. The van der Waals surface area contributed by atoms with Gasteiger partial charge in [-0.1, -0.05) is 0 Å². The number of rotatable bonds is 4. The lowest BCUT2D eigenvalue weighted by Crippen LogP contribution is -2.43. The zero-order valence-electron chi connectivity index (χ0n) is 7.86. The number of carbonyl (C=O) groups is 1. The highest BCUT2D eigenvalue weighted by Gasteiger charge is 2.21. The van der Waals surface area contributed by atoms with E-state index in [1.807, 2.05) is 0 Å². The lowest BCUT2D eigenvalue weighted by atomic mass is 10.8. The van der Waals surface area contributed by atoms with Gasteiger partial charge in [0.2, 0.25) is 6.41 Å². The quantitative estimate of drug-likeness (QED) is 0.422. The minimum atomic E-state index is -0.644. The lowest BCUT2D eigenvalue weighted by Gasteiger charge is -2.26. The first-order valence-corrected chi connectivity index (χ1v) is 5.02. The normalized spacial score (nSPS) is 10.3. The van der Waals surface area contributed by atoms with Gasteiger partial charge in [-0.25, -0.2) is 4.79 Å². The van der Waals surface area contributed by atoms with Gasteiger partial charge in [0.25, 0.3) is 0 Å². The molecule has 5 nitrogen and oxygen atoms in total. The number of ether oxygens (including phenoxy) is 3. The standard InChI is InChI=1S/C6H15NO4Si/c1-9-5(8)7(4-12)6(10-2)11-3/h6H,4H2,1-3,12H3. The van der Waals surface area contributed by atoms with Crippen molar-refractivity contribution in [3.63, 3.8) is 0 Å². The van der Waals surface area contributed by atoms with Gasteiger partial charge in [0, 0.05) is 30.6 Å². The number of carbonyl (C=O) groups excluding carboxylic acids is 1. The van der Waals surface area contributed by atoms with Crippen LogP contribution in [0.2, 0.25) is 0 Å². The van der Waals surface area contributed by atoms with E-state index in [1.165, 1.54) is 26.2 Å². The maximum Gasteiger partial charge on any atom is 0.413 e. The van der Waals surface area contributed by atoms with E-state index in [9.17, 15) is 4.79 Å². The molecular formula is C6H15NO4Si. The average molecular weight is 193 g/mol. The van der Waals surface area contributed by atoms with Crippen molar-refractivity contribution in [1.29, 1.82) is 0 Å². The van der Waals surface area contributed by atoms with Crippen molar-refractivity contribution in [2.45, 2.75) is 6.41 Å². The molecule has 0 rings (SSSR count). The van der Waals surface area contributed by atoms with Crippen LogP contribution in [-0.2, 0) is 14.2 Å². The van der Waals surface area contributed by atoms with E-state index >= 15 is 0 Å². The van der Waals surface area contributed by atoms with E-state index in [-0.39, 0.29) is 0 Å². The molecule has 0 fully saturated rings. The summed E-state index contributed by atoms with van der Waals surface area (Å²) in [5, 5.41) is 0. The fourth-order valence-corrected chi connectivity index (χ4v) is 1.39. The smallest absolute Gasteiger partial charge is 0.413 e. The second-order valence-electron chi connectivity index (χ2n) is 2.03. The van der Waals surface area contributed by atoms with Gasteiger partial charge >= 0.3 is 6.09 Å². The second-order valence-corrected chi connectivity index (χ2v) is 2.67.